The lowest BCUT2D eigenvalue weighted by Gasteiger charge is -2.50. The predicted molar refractivity (Wildman–Crippen MR) is 192 cm³/mol. The third kappa shape index (κ3) is 4.55. The molecule has 5 aromatic rings. The first kappa shape index (κ1) is 31.7. The van der Waals surface area contributed by atoms with Gasteiger partial charge in [0.1, 0.15) is 12.4 Å². The molecule has 0 amide bonds. The largest absolute Gasteiger partial charge is 0.221 e. The number of aromatic nitrogens is 2. The molecule has 0 spiro atoms. The van der Waals surface area contributed by atoms with Crippen LogP contribution in [-0.2, 0) is 29.3 Å². The lowest BCUT2D eigenvalue weighted by atomic mass is 9.55. The van der Waals surface area contributed by atoms with E-state index in [0.29, 0.717) is 0 Å². The van der Waals surface area contributed by atoms with E-state index in [1.807, 2.05) is 0 Å². The van der Waals surface area contributed by atoms with Crippen molar-refractivity contribution >= 4 is 10.8 Å². The molecule has 3 aromatic carbocycles. The molecule has 2 aromatic heterocycles. The highest BCUT2D eigenvalue weighted by Crippen LogP contribution is 2.58. The topological polar surface area (TPSA) is 7.76 Å². The van der Waals surface area contributed by atoms with E-state index in [2.05, 4.69) is 137 Å². The zero-order chi connectivity index (χ0) is 33.1. The van der Waals surface area contributed by atoms with Crippen molar-refractivity contribution in [3.8, 4) is 22.5 Å². The highest BCUT2D eigenvalue weighted by Gasteiger charge is 2.61. The number of hydrogen-bond acceptors (Lipinski definition) is 0. The van der Waals surface area contributed by atoms with Gasteiger partial charge in [-0.05, 0) is 78.9 Å². The minimum Gasteiger partial charge on any atom is -0.207 e. The van der Waals surface area contributed by atoms with Crippen LogP contribution in [0.3, 0.4) is 0 Å². The van der Waals surface area contributed by atoms with Crippen LogP contribution in [-0.4, -0.2) is 0 Å². The molecule has 0 N–H and O–H groups in total. The number of benzene rings is 3. The number of aryl methyl sites for hydroxylation is 3. The average Bonchev–Trinajstić information content (AvgIpc) is 3.07. The molecule has 7 rings (SSSR count). The van der Waals surface area contributed by atoms with Gasteiger partial charge in [0.25, 0.3) is 0 Å². The van der Waals surface area contributed by atoms with Crippen molar-refractivity contribution in [3.05, 3.63) is 119 Å². The Bertz CT molecular complexity index is 2000. The monoisotopic (exact) mass is 626 g/mol. The zero-order valence-electron chi connectivity index (χ0n) is 29.5. The number of pyridine rings is 2. The first-order valence-corrected chi connectivity index (χ1v) is 18.0. The van der Waals surface area contributed by atoms with E-state index in [1.165, 1.54) is 62.8 Å². The molecule has 2 aliphatic rings. The summed E-state index contributed by atoms with van der Waals surface area (Å²) < 4.78 is 21.4. The summed E-state index contributed by atoms with van der Waals surface area (Å²) in [6, 6.07) is 26.4. The Kier molecular flexibility index (Phi) is 7.89. The van der Waals surface area contributed by atoms with Crippen molar-refractivity contribution in [1.82, 2.24) is 0 Å². The van der Waals surface area contributed by atoms with Gasteiger partial charge in [-0.15, -0.1) is 0 Å². The molecule has 0 saturated heterocycles. The molecule has 0 fully saturated rings. The standard InChI is InChI=1S/C44H51FN2/c1-8-11-18-31-28-32-23-27-47-41-38(32)35(29-31)42(5,6)40-36(45)22-21-34(39(40)41)43(7,9-2)44(47,10-3)24-16-26-46-25-15-14-20-37(46)33-19-13-12-17-30(33)4/h12-15,17,19-23,25,27-29H,8-11,16,18,24,26H2,1-7H3/q+2. The van der Waals surface area contributed by atoms with Crippen LogP contribution >= 0.6 is 0 Å². The van der Waals surface area contributed by atoms with Crippen LogP contribution < -0.4 is 9.13 Å². The molecule has 1 aliphatic heterocycles. The second-order valence-electron chi connectivity index (χ2n) is 15.0. The number of hydrogen-bond donors (Lipinski definition) is 0. The number of nitrogens with zero attached hydrogens (tertiary/aromatic N) is 2. The molecule has 2 atom stereocenters. The third-order valence-electron chi connectivity index (χ3n) is 12.3. The molecule has 2 unspecified atom stereocenters. The fourth-order valence-corrected chi connectivity index (χ4v) is 9.61. The highest BCUT2D eigenvalue weighted by molar-refractivity contribution is 6.01. The Hall–Kier alpha value is -3.85. The lowest BCUT2D eigenvalue weighted by molar-refractivity contribution is -0.771. The van der Waals surface area contributed by atoms with Crippen molar-refractivity contribution in [2.45, 2.75) is 116 Å². The van der Waals surface area contributed by atoms with Gasteiger partial charge < -0.3 is 0 Å². The fraction of sp³-hybridized carbons (Fsp3) is 0.409. The van der Waals surface area contributed by atoms with E-state index in [-0.39, 0.29) is 16.8 Å². The summed E-state index contributed by atoms with van der Waals surface area (Å²) in [6.07, 6.45) is 12.1. The first-order valence-electron chi connectivity index (χ1n) is 18.0. The number of unbranched alkanes of at least 4 members (excludes halogenated alkanes) is 1. The molecule has 1 aliphatic carbocycles. The summed E-state index contributed by atoms with van der Waals surface area (Å²) in [5.41, 5.74) is 10.3. The van der Waals surface area contributed by atoms with Gasteiger partial charge in [0, 0.05) is 54.0 Å². The Morgan fingerprint density at radius 3 is 2.32 bits per heavy atom. The van der Waals surface area contributed by atoms with Crippen molar-refractivity contribution in [3.63, 3.8) is 0 Å². The molecule has 0 radical (unpaired) electrons. The SMILES string of the molecule is CCCCc1cc2c3c4[n+](ccc3c1)C(CC)(CCC[n+]1ccccc1-c1ccccc1C)C(C)(CC)c1ccc(F)c(c1-4)C2(C)C. The van der Waals surface area contributed by atoms with Crippen LogP contribution in [0.15, 0.2) is 85.2 Å². The number of halogens is 1. The highest BCUT2D eigenvalue weighted by atomic mass is 19.1. The van der Waals surface area contributed by atoms with Gasteiger partial charge in [-0.25, -0.2) is 4.39 Å². The normalized spacial score (nSPS) is 20.5. The molecule has 47 heavy (non-hydrogen) atoms. The van der Waals surface area contributed by atoms with Gasteiger partial charge in [0.2, 0.25) is 11.4 Å². The fourth-order valence-electron chi connectivity index (χ4n) is 9.61. The predicted octanol–water partition coefficient (Wildman–Crippen LogP) is 10.4. The molecular formula is C44H51FN2+2. The maximum absolute atomic E-state index is 16.3. The van der Waals surface area contributed by atoms with E-state index in [1.54, 1.807) is 6.07 Å². The minimum absolute atomic E-state index is 0.0754. The lowest BCUT2D eigenvalue weighted by Crippen LogP contribution is -2.69. The molecule has 2 nitrogen and oxygen atoms in total. The van der Waals surface area contributed by atoms with E-state index in [0.717, 1.165) is 49.8 Å². The molecule has 242 valence electrons. The van der Waals surface area contributed by atoms with Gasteiger partial charge in [-0.2, -0.15) is 9.13 Å². The van der Waals surface area contributed by atoms with Crippen LogP contribution in [0.25, 0.3) is 33.3 Å². The molecule has 3 heterocycles. The summed E-state index contributed by atoms with van der Waals surface area (Å²) >= 11 is 0. The molecule has 0 bridgehead atoms. The second-order valence-corrected chi connectivity index (χ2v) is 15.0. The maximum atomic E-state index is 16.3. The van der Waals surface area contributed by atoms with Crippen LogP contribution in [0.5, 0.6) is 0 Å². The summed E-state index contributed by atoms with van der Waals surface area (Å²) in [5.74, 6) is -0.0754. The Labute approximate surface area is 281 Å². The van der Waals surface area contributed by atoms with Crippen LogP contribution in [0, 0.1) is 12.7 Å². The molecular weight excluding hydrogens is 575 g/mol. The summed E-state index contributed by atoms with van der Waals surface area (Å²) in [4.78, 5) is 0. The van der Waals surface area contributed by atoms with E-state index in [4.69, 9.17) is 0 Å². The van der Waals surface area contributed by atoms with Crippen LogP contribution in [0.1, 0.15) is 108 Å². The first-order chi connectivity index (χ1) is 22.6. The van der Waals surface area contributed by atoms with Gasteiger partial charge in [-0.3, -0.25) is 0 Å². The van der Waals surface area contributed by atoms with Crippen LogP contribution in [0.4, 0.5) is 4.39 Å². The van der Waals surface area contributed by atoms with Gasteiger partial charge >= 0.3 is 0 Å². The van der Waals surface area contributed by atoms with E-state index < -0.39 is 5.41 Å². The Morgan fingerprint density at radius 1 is 0.787 bits per heavy atom. The van der Waals surface area contributed by atoms with Gasteiger partial charge in [0.15, 0.2) is 17.9 Å². The summed E-state index contributed by atoms with van der Waals surface area (Å²) in [6.45, 7) is 17.1. The van der Waals surface area contributed by atoms with Crippen molar-refractivity contribution in [2.75, 3.05) is 0 Å². The Balaban J connectivity index is 1.41. The van der Waals surface area contributed by atoms with Crippen molar-refractivity contribution in [2.24, 2.45) is 0 Å². The van der Waals surface area contributed by atoms with Crippen molar-refractivity contribution < 1.29 is 13.5 Å². The quantitative estimate of drug-likeness (QED) is 0.136. The zero-order valence-corrected chi connectivity index (χ0v) is 29.5. The smallest absolute Gasteiger partial charge is 0.207 e. The van der Waals surface area contributed by atoms with E-state index in [9.17, 15) is 0 Å². The Morgan fingerprint density at radius 2 is 1.57 bits per heavy atom. The summed E-state index contributed by atoms with van der Waals surface area (Å²) in [7, 11) is 0. The van der Waals surface area contributed by atoms with Gasteiger partial charge in [0.05, 0.1) is 16.4 Å². The van der Waals surface area contributed by atoms with E-state index >= 15 is 4.39 Å². The molecule has 3 heteroatoms. The third-order valence-corrected chi connectivity index (χ3v) is 12.3. The average molecular weight is 627 g/mol. The molecule has 0 saturated carbocycles. The summed E-state index contributed by atoms with van der Waals surface area (Å²) in [5, 5.41) is 2.62. The second kappa shape index (κ2) is 11.7. The van der Waals surface area contributed by atoms with Gasteiger partial charge in [-0.1, -0.05) is 77.4 Å². The van der Waals surface area contributed by atoms with Crippen LogP contribution in [0.2, 0.25) is 0 Å². The van der Waals surface area contributed by atoms with Crippen molar-refractivity contribution in [1.29, 1.82) is 0 Å². The minimum atomic E-state index is -0.432. The maximum Gasteiger partial charge on any atom is 0.221 e. The number of rotatable bonds is 10.